The van der Waals surface area contributed by atoms with Crippen LogP contribution in [0.5, 0.6) is 0 Å². The summed E-state index contributed by atoms with van der Waals surface area (Å²) in [6, 6.07) is 0. The molecule has 0 aromatic heterocycles. The van der Waals surface area contributed by atoms with Crippen LogP contribution in [-0.2, 0) is 0 Å². The van der Waals surface area contributed by atoms with E-state index in [1.54, 1.807) is 0 Å². The Morgan fingerprint density at radius 2 is 2.18 bits per heavy atom. The third-order valence-electron chi connectivity index (χ3n) is 2.71. The molecule has 1 aliphatic heterocycles. The minimum atomic E-state index is 0.380. The van der Waals surface area contributed by atoms with Gasteiger partial charge in [-0.2, -0.15) is 0 Å². The fraction of sp³-hybridized carbons (Fsp3) is 1.00. The molecule has 0 radical (unpaired) electrons. The SMILES string of the molecule is CN1CCCCC(C)(CN)C1. The molecule has 1 atom stereocenters. The Labute approximate surface area is 69.8 Å². The van der Waals surface area contributed by atoms with E-state index in [0.29, 0.717) is 5.41 Å². The molecule has 11 heavy (non-hydrogen) atoms. The van der Waals surface area contributed by atoms with Crippen molar-refractivity contribution >= 4 is 0 Å². The standard InChI is InChI=1S/C9H20N2/c1-9(7-10)5-3-4-6-11(2)8-9/h3-8,10H2,1-2H3. The molecule has 1 aliphatic rings. The third-order valence-corrected chi connectivity index (χ3v) is 2.71. The van der Waals surface area contributed by atoms with Gasteiger partial charge in [-0.3, -0.25) is 0 Å². The highest BCUT2D eigenvalue weighted by atomic mass is 15.1. The molecule has 1 fully saturated rings. The van der Waals surface area contributed by atoms with Gasteiger partial charge in [-0.05, 0) is 38.4 Å². The van der Waals surface area contributed by atoms with Crippen molar-refractivity contribution in [2.45, 2.75) is 26.2 Å². The molecule has 1 rings (SSSR count). The van der Waals surface area contributed by atoms with Gasteiger partial charge in [0.1, 0.15) is 0 Å². The van der Waals surface area contributed by atoms with Crippen LogP contribution in [0.3, 0.4) is 0 Å². The van der Waals surface area contributed by atoms with Crippen molar-refractivity contribution in [1.29, 1.82) is 0 Å². The topological polar surface area (TPSA) is 29.3 Å². The zero-order valence-electron chi connectivity index (χ0n) is 7.77. The second-order valence-electron chi connectivity index (χ2n) is 4.21. The Bertz CT molecular complexity index is 125. The zero-order chi connectivity index (χ0) is 8.32. The molecule has 0 spiro atoms. The van der Waals surface area contributed by atoms with Gasteiger partial charge < -0.3 is 10.6 Å². The first-order valence-electron chi connectivity index (χ1n) is 4.55. The van der Waals surface area contributed by atoms with Gasteiger partial charge in [0.15, 0.2) is 0 Å². The maximum Gasteiger partial charge on any atom is 0.00444 e. The van der Waals surface area contributed by atoms with Crippen molar-refractivity contribution < 1.29 is 0 Å². The summed E-state index contributed by atoms with van der Waals surface area (Å²) in [7, 11) is 2.19. The van der Waals surface area contributed by atoms with Crippen LogP contribution in [0, 0.1) is 5.41 Å². The molecular weight excluding hydrogens is 136 g/mol. The molecule has 1 unspecified atom stereocenters. The molecule has 0 aliphatic carbocycles. The Kier molecular flexibility index (Phi) is 2.90. The molecule has 0 aromatic rings. The molecule has 66 valence electrons. The van der Waals surface area contributed by atoms with E-state index in [1.807, 2.05) is 0 Å². The quantitative estimate of drug-likeness (QED) is 0.615. The van der Waals surface area contributed by atoms with E-state index in [9.17, 15) is 0 Å². The Morgan fingerprint density at radius 1 is 1.45 bits per heavy atom. The van der Waals surface area contributed by atoms with Gasteiger partial charge >= 0.3 is 0 Å². The average Bonchev–Trinajstić information content (AvgIpc) is 2.13. The van der Waals surface area contributed by atoms with E-state index in [4.69, 9.17) is 5.73 Å². The normalized spacial score (nSPS) is 35.2. The average molecular weight is 156 g/mol. The van der Waals surface area contributed by atoms with Crippen molar-refractivity contribution in [3.05, 3.63) is 0 Å². The number of nitrogens with two attached hydrogens (primary N) is 1. The molecule has 1 saturated heterocycles. The lowest BCUT2D eigenvalue weighted by molar-refractivity contribution is 0.215. The lowest BCUT2D eigenvalue weighted by Gasteiger charge is -2.29. The summed E-state index contributed by atoms with van der Waals surface area (Å²) >= 11 is 0. The lowest BCUT2D eigenvalue weighted by atomic mass is 9.86. The van der Waals surface area contributed by atoms with Gasteiger partial charge in [0.25, 0.3) is 0 Å². The van der Waals surface area contributed by atoms with Crippen LogP contribution < -0.4 is 5.73 Å². The van der Waals surface area contributed by atoms with E-state index in [1.165, 1.54) is 32.4 Å². The maximum absolute atomic E-state index is 5.74. The Hall–Kier alpha value is -0.0800. The molecule has 0 amide bonds. The molecule has 2 nitrogen and oxygen atoms in total. The number of likely N-dealkylation sites (tertiary alicyclic amines) is 1. The van der Waals surface area contributed by atoms with Crippen LogP contribution in [0.2, 0.25) is 0 Å². The van der Waals surface area contributed by atoms with Gasteiger partial charge in [-0.15, -0.1) is 0 Å². The number of hydrogen-bond donors (Lipinski definition) is 1. The second-order valence-corrected chi connectivity index (χ2v) is 4.21. The Morgan fingerprint density at radius 3 is 2.82 bits per heavy atom. The van der Waals surface area contributed by atoms with Gasteiger partial charge in [0.2, 0.25) is 0 Å². The molecule has 0 aromatic carbocycles. The molecule has 2 heteroatoms. The highest BCUT2D eigenvalue weighted by Gasteiger charge is 2.25. The predicted molar refractivity (Wildman–Crippen MR) is 48.5 cm³/mol. The van der Waals surface area contributed by atoms with Crippen molar-refractivity contribution in [2.75, 3.05) is 26.7 Å². The smallest absolute Gasteiger partial charge is 0.00444 e. The highest BCUT2D eigenvalue weighted by Crippen LogP contribution is 2.26. The summed E-state index contributed by atoms with van der Waals surface area (Å²) in [6.07, 6.45) is 3.98. The first kappa shape index (κ1) is 9.01. The van der Waals surface area contributed by atoms with Crippen LogP contribution in [0.25, 0.3) is 0 Å². The van der Waals surface area contributed by atoms with Gasteiger partial charge in [0, 0.05) is 6.54 Å². The van der Waals surface area contributed by atoms with Crippen LogP contribution in [0.15, 0.2) is 0 Å². The molecule has 0 saturated carbocycles. The van der Waals surface area contributed by atoms with Crippen LogP contribution in [-0.4, -0.2) is 31.6 Å². The predicted octanol–water partition coefficient (Wildman–Crippen LogP) is 1.07. The fourth-order valence-electron chi connectivity index (χ4n) is 1.91. The summed E-state index contributed by atoms with van der Waals surface area (Å²) in [5.74, 6) is 0. The van der Waals surface area contributed by atoms with Gasteiger partial charge in [-0.1, -0.05) is 13.3 Å². The van der Waals surface area contributed by atoms with Crippen LogP contribution in [0.4, 0.5) is 0 Å². The Balaban J connectivity index is 2.51. The molecular formula is C9H20N2. The lowest BCUT2D eigenvalue weighted by Crippen LogP contribution is -2.37. The van der Waals surface area contributed by atoms with Crippen molar-refractivity contribution in [3.63, 3.8) is 0 Å². The van der Waals surface area contributed by atoms with E-state index in [-0.39, 0.29) is 0 Å². The summed E-state index contributed by atoms with van der Waals surface area (Å²) in [6.45, 7) is 5.55. The monoisotopic (exact) mass is 156 g/mol. The number of nitrogens with zero attached hydrogens (tertiary/aromatic N) is 1. The highest BCUT2D eigenvalue weighted by molar-refractivity contribution is 4.81. The van der Waals surface area contributed by atoms with Crippen LogP contribution in [0.1, 0.15) is 26.2 Å². The van der Waals surface area contributed by atoms with E-state index >= 15 is 0 Å². The van der Waals surface area contributed by atoms with E-state index in [0.717, 1.165) is 6.54 Å². The molecule has 1 heterocycles. The summed E-state index contributed by atoms with van der Waals surface area (Å²) in [5, 5.41) is 0. The number of rotatable bonds is 1. The minimum Gasteiger partial charge on any atom is -0.330 e. The fourth-order valence-corrected chi connectivity index (χ4v) is 1.91. The molecule has 0 bridgehead atoms. The van der Waals surface area contributed by atoms with Crippen LogP contribution >= 0.6 is 0 Å². The maximum atomic E-state index is 5.74. The second kappa shape index (κ2) is 3.55. The van der Waals surface area contributed by atoms with E-state index < -0.39 is 0 Å². The first-order chi connectivity index (χ1) is 5.16. The molecule has 2 N–H and O–H groups in total. The summed E-state index contributed by atoms with van der Waals surface area (Å²) < 4.78 is 0. The van der Waals surface area contributed by atoms with Crippen molar-refractivity contribution in [2.24, 2.45) is 11.1 Å². The summed E-state index contributed by atoms with van der Waals surface area (Å²) in [5.41, 5.74) is 6.12. The van der Waals surface area contributed by atoms with E-state index in [2.05, 4.69) is 18.9 Å². The van der Waals surface area contributed by atoms with Gasteiger partial charge in [-0.25, -0.2) is 0 Å². The van der Waals surface area contributed by atoms with Crippen molar-refractivity contribution in [3.8, 4) is 0 Å². The summed E-state index contributed by atoms with van der Waals surface area (Å²) in [4.78, 5) is 2.40. The largest absolute Gasteiger partial charge is 0.330 e. The van der Waals surface area contributed by atoms with Gasteiger partial charge in [0.05, 0.1) is 0 Å². The van der Waals surface area contributed by atoms with Crippen molar-refractivity contribution in [1.82, 2.24) is 4.90 Å². The zero-order valence-corrected chi connectivity index (χ0v) is 7.77. The number of hydrogen-bond acceptors (Lipinski definition) is 2. The first-order valence-corrected chi connectivity index (χ1v) is 4.55. The minimum absolute atomic E-state index is 0.380. The third kappa shape index (κ3) is 2.46.